The van der Waals surface area contributed by atoms with Gasteiger partial charge in [-0.3, -0.25) is 4.79 Å². The van der Waals surface area contributed by atoms with Gasteiger partial charge in [-0.05, 0) is 72.2 Å². The highest BCUT2D eigenvalue weighted by Gasteiger charge is 2.29. The van der Waals surface area contributed by atoms with Gasteiger partial charge in [0, 0.05) is 46.7 Å². The summed E-state index contributed by atoms with van der Waals surface area (Å²) in [5.41, 5.74) is 10.2. The monoisotopic (exact) mass is 636 g/mol. The predicted octanol–water partition coefficient (Wildman–Crippen LogP) is 5.16. The Bertz CT molecular complexity index is 2060. The molecular weight excluding hydrogens is 605 g/mol. The molecular formula is C31H32N4O5S3. The fourth-order valence-electron chi connectivity index (χ4n) is 5.86. The summed E-state index contributed by atoms with van der Waals surface area (Å²) in [6, 6.07) is 18.7. The summed E-state index contributed by atoms with van der Waals surface area (Å²) in [6.45, 7) is 2.66. The van der Waals surface area contributed by atoms with Crippen molar-refractivity contribution in [3.05, 3.63) is 88.9 Å². The number of H-pyrrole nitrogens is 1. The summed E-state index contributed by atoms with van der Waals surface area (Å²) in [5, 5.41) is 3.23. The van der Waals surface area contributed by atoms with Crippen molar-refractivity contribution in [2.75, 3.05) is 18.8 Å². The Morgan fingerprint density at radius 2 is 1.77 bits per heavy atom. The number of amides is 1. The minimum atomic E-state index is -3.74. The molecule has 0 aliphatic carbocycles. The molecule has 12 heteroatoms. The van der Waals surface area contributed by atoms with Crippen LogP contribution in [0.3, 0.4) is 0 Å². The van der Waals surface area contributed by atoms with Gasteiger partial charge in [0.2, 0.25) is 20.0 Å². The number of thiophene rings is 1. The van der Waals surface area contributed by atoms with Crippen molar-refractivity contribution in [3.63, 3.8) is 0 Å². The van der Waals surface area contributed by atoms with Gasteiger partial charge in [-0.25, -0.2) is 25.9 Å². The van der Waals surface area contributed by atoms with Crippen LogP contribution >= 0.6 is 11.3 Å². The Labute approximate surface area is 254 Å². The Kier molecular flexibility index (Phi) is 7.90. The quantitative estimate of drug-likeness (QED) is 0.205. The number of hydrogen-bond donors (Lipinski definition) is 3. The number of carbonyl (C=O) groups excluding carboxylic acids is 1. The van der Waals surface area contributed by atoms with Crippen LogP contribution in [0.15, 0.2) is 77.1 Å². The number of primary amides is 1. The zero-order chi connectivity index (χ0) is 30.4. The van der Waals surface area contributed by atoms with Crippen LogP contribution in [0.4, 0.5) is 0 Å². The van der Waals surface area contributed by atoms with E-state index in [2.05, 4.69) is 9.71 Å². The van der Waals surface area contributed by atoms with E-state index >= 15 is 0 Å². The molecule has 0 bridgehead atoms. The van der Waals surface area contributed by atoms with E-state index in [0.29, 0.717) is 42.4 Å². The molecule has 1 aliphatic rings. The van der Waals surface area contributed by atoms with Crippen molar-refractivity contribution < 1.29 is 21.6 Å². The lowest BCUT2D eigenvalue weighted by atomic mass is 9.88. The van der Waals surface area contributed by atoms with E-state index in [-0.39, 0.29) is 23.1 Å². The summed E-state index contributed by atoms with van der Waals surface area (Å²) in [7, 11) is -6.97. The predicted molar refractivity (Wildman–Crippen MR) is 171 cm³/mol. The van der Waals surface area contributed by atoms with E-state index < -0.39 is 26.0 Å². The maximum atomic E-state index is 13.2. The number of fused-ring (bicyclic) bond motifs is 2. The standard InChI is InChI=1S/C31H32N4O5S3/c1-2-42(37,38)35-12-10-21(11-13-35)27-18-33-30-25(27)15-23(16-26(30)31(32)36)22-7-5-6-20(14-22)17-34-43(39,40)29-19-41-28-9-4-3-8-24(28)29/h3-9,14-16,18-19,21,33-34H,2,10-13,17H2,1H3,(H2,32,36). The first-order valence-corrected chi connectivity index (χ1v) is 18.0. The van der Waals surface area contributed by atoms with Gasteiger partial charge in [0.15, 0.2) is 0 Å². The maximum Gasteiger partial charge on any atom is 0.250 e. The van der Waals surface area contributed by atoms with Crippen molar-refractivity contribution in [2.24, 2.45) is 5.73 Å². The number of hydrogen-bond acceptors (Lipinski definition) is 6. The first-order valence-electron chi connectivity index (χ1n) is 14.1. The molecule has 3 aromatic carbocycles. The molecule has 0 atom stereocenters. The van der Waals surface area contributed by atoms with Crippen LogP contribution in [0.25, 0.3) is 32.1 Å². The van der Waals surface area contributed by atoms with Crippen LogP contribution in [0.2, 0.25) is 0 Å². The molecule has 2 aromatic heterocycles. The number of aromatic amines is 1. The number of aromatic nitrogens is 1. The molecule has 9 nitrogen and oxygen atoms in total. The van der Waals surface area contributed by atoms with E-state index in [0.717, 1.165) is 32.3 Å². The Morgan fingerprint density at radius 1 is 1.00 bits per heavy atom. The molecule has 224 valence electrons. The van der Waals surface area contributed by atoms with E-state index in [1.54, 1.807) is 28.7 Å². The largest absolute Gasteiger partial charge is 0.366 e. The molecule has 0 saturated carbocycles. The number of piperidine rings is 1. The third-order valence-corrected chi connectivity index (χ3v) is 12.6. The van der Waals surface area contributed by atoms with Crippen LogP contribution in [0.1, 0.15) is 47.2 Å². The molecule has 1 fully saturated rings. The lowest BCUT2D eigenvalue weighted by molar-refractivity contribution is 0.100. The van der Waals surface area contributed by atoms with Gasteiger partial charge in [-0.15, -0.1) is 11.3 Å². The highest BCUT2D eigenvalue weighted by molar-refractivity contribution is 7.90. The zero-order valence-electron chi connectivity index (χ0n) is 23.5. The van der Waals surface area contributed by atoms with Gasteiger partial charge in [-0.2, -0.15) is 0 Å². The molecule has 4 N–H and O–H groups in total. The smallest absolute Gasteiger partial charge is 0.250 e. The summed E-state index contributed by atoms with van der Waals surface area (Å²) in [6.07, 6.45) is 3.25. The average Bonchev–Trinajstić information content (AvgIpc) is 3.65. The second-order valence-corrected chi connectivity index (χ2v) is 15.7. The SMILES string of the molecule is CCS(=O)(=O)N1CCC(c2c[nH]c3c(C(N)=O)cc(-c4cccc(CNS(=O)(=O)c5csc6ccccc56)c4)cc23)CC1. The first-order chi connectivity index (χ1) is 20.6. The molecule has 0 radical (unpaired) electrons. The molecule has 1 amide bonds. The minimum Gasteiger partial charge on any atom is -0.366 e. The van der Waals surface area contributed by atoms with E-state index in [9.17, 15) is 21.6 Å². The third-order valence-electron chi connectivity index (χ3n) is 8.20. The van der Waals surface area contributed by atoms with Crippen LogP contribution in [0.5, 0.6) is 0 Å². The number of benzene rings is 3. The Morgan fingerprint density at radius 3 is 2.51 bits per heavy atom. The maximum absolute atomic E-state index is 13.2. The van der Waals surface area contributed by atoms with Crippen LogP contribution in [0, 0.1) is 0 Å². The normalized spacial score (nSPS) is 15.4. The molecule has 6 rings (SSSR count). The number of carbonyl (C=O) groups is 1. The zero-order valence-corrected chi connectivity index (χ0v) is 26.0. The van der Waals surface area contributed by atoms with Gasteiger partial charge in [0.05, 0.1) is 16.8 Å². The van der Waals surface area contributed by atoms with Crippen molar-refractivity contribution in [1.29, 1.82) is 0 Å². The van der Waals surface area contributed by atoms with Gasteiger partial charge in [-0.1, -0.05) is 36.4 Å². The molecule has 3 heterocycles. The highest BCUT2D eigenvalue weighted by atomic mass is 32.2. The molecule has 0 unspecified atom stereocenters. The number of nitrogens with zero attached hydrogens (tertiary/aromatic N) is 1. The van der Waals surface area contributed by atoms with Gasteiger partial charge < -0.3 is 10.7 Å². The molecule has 0 spiro atoms. The number of nitrogens with one attached hydrogen (secondary N) is 2. The van der Waals surface area contributed by atoms with Gasteiger partial charge >= 0.3 is 0 Å². The summed E-state index contributed by atoms with van der Waals surface area (Å²) >= 11 is 1.39. The highest BCUT2D eigenvalue weighted by Crippen LogP contribution is 2.37. The molecule has 1 aliphatic heterocycles. The second kappa shape index (κ2) is 11.5. The average molecular weight is 637 g/mol. The molecule has 43 heavy (non-hydrogen) atoms. The third kappa shape index (κ3) is 5.73. The molecule has 1 saturated heterocycles. The van der Waals surface area contributed by atoms with E-state index in [1.807, 2.05) is 54.7 Å². The van der Waals surface area contributed by atoms with Crippen molar-refractivity contribution in [3.8, 4) is 11.1 Å². The number of sulfonamides is 2. The van der Waals surface area contributed by atoms with E-state index in [1.165, 1.54) is 11.3 Å². The van der Waals surface area contributed by atoms with Crippen molar-refractivity contribution in [1.82, 2.24) is 14.0 Å². The van der Waals surface area contributed by atoms with Crippen molar-refractivity contribution in [2.45, 2.75) is 37.1 Å². The summed E-state index contributed by atoms with van der Waals surface area (Å²) in [4.78, 5) is 16.0. The van der Waals surface area contributed by atoms with Crippen LogP contribution < -0.4 is 10.5 Å². The van der Waals surface area contributed by atoms with Crippen LogP contribution in [-0.2, 0) is 26.6 Å². The first kappa shape index (κ1) is 29.5. The van der Waals surface area contributed by atoms with Gasteiger partial charge in [0.1, 0.15) is 4.90 Å². The molecule has 5 aromatic rings. The number of rotatable bonds is 9. The van der Waals surface area contributed by atoms with E-state index in [4.69, 9.17) is 5.73 Å². The Balaban J connectivity index is 1.28. The lowest BCUT2D eigenvalue weighted by Gasteiger charge is -2.31. The minimum absolute atomic E-state index is 0.0848. The second-order valence-electron chi connectivity index (χ2n) is 10.7. The topological polar surface area (TPSA) is 142 Å². The van der Waals surface area contributed by atoms with Crippen molar-refractivity contribution >= 4 is 58.3 Å². The Hall–Kier alpha value is -3.55. The summed E-state index contributed by atoms with van der Waals surface area (Å²) in [5.74, 6) is -0.348. The fraction of sp³-hybridized carbons (Fsp3) is 0.258. The fourth-order valence-corrected chi connectivity index (χ4v) is 9.51. The lowest BCUT2D eigenvalue weighted by Crippen LogP contribution is -2.38. The summed E-state index contributed by atoms with van der Waals surface area (Å²) < 4.78 is 56.2. The van der Waals surface area contributed by atoms with Gasteiger partial charge in [0.25, 0.3) is 5.91 Å². The number of nitrogens with two attached hydrogens (primary N) is 1. The van der Waals surface area contributed by atoms with Crippen LogP contribution in [-0.4, -0.2) is 50.9 Å².